The molecule has 33 heavy (non-hydrogen) atoms. The third-order valence-corrected chi connectivity index (χ3v) is 7.27. The second kappa shape index (κ2) is 9.78. The zero-order chi connectivity index (χ0) is 23.8. The molecule has 0 aliphatic heterocycles. The number of carbonyl (C=O) groups is 2. The van der Waals surface area contributed by atoms with Crippen molar-refractivity contribution in [3.63, 3.8) is 0 Å². The van der Waals surface area contributed by atoms with Crippen LogP contribution in [-0.4, -0.2) is 27.3 Å². The molecule has 12 heteroatoms. The summed E-state index contributed by atoms with van der Waals surface area (Å²) >= 11 is 32.4. The van der Waals surface area contributed by atoms with E-state index in [4.69, 9.17) is 58.0 Å². The van der Waals surface area contributed by atoms with Gasteiger partial charge in [-0.05, 0) is 42.0 Å². The molecular weight excluding hydrogens is 550 g/mol. The van der Waals surface area contributed by atoms with Crippen LogP contribution in [0.3, 0.4) is 0 Å². The molecule has 2 atom stereocenters. The largest absolute Gasteiger partial charge is 0.326 e. The summed E-state index contributed by atoms with van der Waals surface area (Å²) in [6.07, 6.45) is 3.04. The highest BCUT2D eigenvalue weighted by atomic mass is 35.5. The van der Waals surface area contributed by atoms with Crippen molar-refractivity contribution in [2.45, 2.75) is 10.3 Å². The molecule has 1 aliphatic rings. The van der Waals surface area contributed by atoms with Crippen molar-refractivity contribution in [3.05, 3.63) is 79.2 Å². The van der Waals surface area contributed by atoms with Gasteiger partial charge in [0.2, 0.25) is 5.91 Å². The second-order valence-electron chi connectivity index (χ2n) is 7.09. The Morgan fingerprint density at radius 3 is 2.48 bits per heavy atom. The molecule has 1 heterocycles. The second-order valence-corrected chi connectivity index (χ2v) is 10.7. The third-order valence-electron chi connectivity index (χ3n) is 4.85. The van der Waals surface area contributed by atoms with Gasteiger partial charge in [0.1, 0.15) is 9.34 Å². The Labute approximate surface area is 217 Å². The van der Waals surface area contributed by atoms with Gasteiger partial charge in [0.05, 0.1) is 22.7 Å². The number of nitrogens with one attached hydrogen (secondary N) is 2. The van der Waals surface area contributed by atoms with Gasteiger partial charge in [-0.2, -0.15) is 5.10 Å². The lowest BCUT2D eigenvalue weighted by Gasteiger charge is -2.09. The fourth-order valence-corrected chi connectivity index (χ4v) is 5.39. The van der Waals surface area contributed by atoms with Gasteiger partial charge in [0, 0.05) is 33.2 Å². The number of benzene rings is 2. The molecule has 0 bridgehead atoms. The number of nitrogens with zero attached hydrogens (tertiary/aromatic N) is 2. The highest BCUT2D eigenvalue weighted by molar-refractivity contribution is 7.11. The number of hydrogen-bond acceptors (Lipinski definition) is 5. The molecule has 1 aliphatic carbocycles. The Morgan fingerprint density at radius 2 is 1.82 bits per heavy atom. The molecule has 1 saturated carbocycles. The molecule has 0 saturated heterocycles. The van der Waals surface area contributed by atoms with Crippen molar-refractivity contribution in [2.75, 3.05) is 5.32 Å². The SMILES string of the molecule is O=C(NN=Cc1nccs1)c1cc(NC(=O)C2C(c3cc(Cl)cc(Cl)c3)C2(Cl)Cl)ccc1Cl. The number of halogens is 5. The lowest BCUT2D eigenvalue weighted by Crippen LogP contribution is -2.20. The Balaban J connectivity index is 1.46. The summed E-state index contributed by atoms with van der Waals surface area (Å²) in [7, 11) is 0. The maximum Gasteiger partial charge on any atom is 0.272 e. The van der Waals surface area contributed by atoms with Gasteiger partial charge in [-0.15, -0.1) is 34.5 Å². The first-order valence-corrected chi connectivity index (χ1v) is 12.1. The standard InChI is InChI=1S/C21H13Cl5N4O2S/c22-11-5-10(6-12(23)7-11)17-18(21(17,25)26)20(32)29-13-1-2-15(24)14(8-13)19(31)30-28-9-16-27-3-4-33-16/h1-9,17-18H,(H,29,32)(H,30,31). The van der Waals surface area contributed by atoms with Crippen LogP contribution in [0.4, 0.5) is 5.69 Å². The minimum Gasteiger partial charge on any atom is -0.326 e. The maximum atomic E-state index is 12.9. The van der Waals surface area contributed by atoms with Gasteiger partial charge in [0.15, 0.2) is 0 Å². The summed E-state index contributed by atoms with van der Waals surface area (Å²) < 4.78 is -1.32. The van der Waals surface area contributed by atoms with Gasteiger partial charge in [-0.1, -0.05) is 34.8 Å². The lowest BCUT2D eigenvalue weighted by atomic mass is 10.1. The lowest BCUT2D eigenvalue weighted by molar-refractivity contribution is -0.117. The van der Waals surface area contributed by atoms with Crippen LogP contribution >= 0.6 is 69.3 Å². The van der Waals surface area contributed by atoms with Crippen molar-refractivity contribution >= 4 is 93.1 Å². The van der Waals surface area contributed by atoms with Crippen LogP contribution in [-0.2, 0) is 4.79 Å². The summed E-state index contributed by atoms with van der Waals surface area (Å²) in [5.41, 5.74) is 3.51. The van der Waals surface area contributed by atoms with Crippen LogP contribution in [0.15, 0.2) is 53.1 Å². The Kier molecular flexibility index (Phi) is 7.19. The number of alkyl halides is 2. The quantitative estimate of drug-likeness (QED) is 0.207. The zero-order valence-corrected chi connectivity index (χ0v) is 21.0. The fourth-order valence-electron chi connectivity index (χ4n) is 3.32. The van der Waals surface area contributed by atoms with Crippen molar-refractivity contribution in [2.24, 2.45) is 11.0 Å². The summed E-state index contributed by atoms with van der Waals surface area (Å²) in [5, 5.41) is 10.0. The summed E-state index contributed by atoms with van der Waals surface area (Å²) in [6.45, 7) is 0. The van der Waals surface area contributed by atoms with Crippen LogP contribution < -0.4 is 10.7 Å². The number of aromatic nitrogens is 1. The predicted octanol–water partition coefficient (Wildman–Crippen LogP) is 6.39. The van der Waals surface area contributed by atoms with Crippen molar-refractivity contribution in [1.29, 1.82) is 0 Å². The smallest absolute Gasteiger partial charge is 0.272 e. The van der Waals surface area contributed by atoms with E-state index in [0.29, 0.717) is 26.3 Å². The molecule has 1 fully saturated rings. The number of thiazole rings is 1. The summed E-state index contributed by atoms with van der Waals surface area (Å²) in [4.78, 5) is 29.4. The van der Waals surface area contributed by atoms with E-state index in [2.05, 4.69) is 20.8 Å². The van der Waals surface area contributed by atoms with Crippen LogP contribution in [0, 0.1) is 5.92 Å². The number of hydrogen-bond donors (Lipinski definition) is 2. The van der Waals surface area contributed by atoms with Crippen LogP contribution in [0.25, 0.3) is 0 Å². The van der Waals surface area contributed by atoms with Gasteiger partial charge in [-0.3, -0.25) is 9.59 Å². The molecule has 2 unspecified atom stereocenters. The number of anilines is 1. The van der Waals surface area contributed by atoms with Crippen molar-refractivity contribution in [3.8, 4) is 0 Å². The van der Waals surface area contributed by atoms with E-state index in [9.17, 15) is 9.59 Å². The highest BCUT2D eigenvalue weighted by Gasteiger charge is 2.67. The Hall–Kier alpha value is -1.87. The molecule has 1 aromatic heterocycles. The normalized spacial score (nSPS) is 18.8. The van der Waals surface area contributed by atoms with Crippen LogP contribution in [0.5, 0.6) is 0 Å². The average Bonchev–Trinajstić information content (AvgIpc) is 3.06. The molecule has 2 aromatic carbocycles. The molecular formula is C21H13Cl5N4O2S. The number of rotatable bonds is 6. The summed E-state index contributed by atoms with van der Waals surface area (Å²) in [6, 6.07) is 9.41. The molecule has 0 spiro atoms. The van der Waals surface area contributed by atoms with E-state index < -0.39 is 28.0 Å². The van der Waals surface area contributed by atoms with Gasteiger partial charge < -0.3 is 5.32 Å². The first-order chi connectivity index (χ1) is 15.7. The number of hydrazone groups is 1. The fraction of sp³-hybridized carbons (Fsp3) is 0.143. The predicted molar refractivity (Wildman–Crippen MR) is 134 cm³/mol. The summed E-state index contributed by atoms with van der Waals surface area (Å²) in [5.74, 6) is -2.21. The topological polar surface area (TPSA) is 83.4 Å². The minimum atomic E-state index is -1.32. The molecule has 3 aromatic rings. The van der Waals surface area contributed by atoms with Gasteiger partial charge >= 0.3 is 0 Å². The number of carbonyl (C=O) groups excluding carboxylic acids is 2. The third kappa shape index (κ3) is 5.45. The average molecular weight is 563 g/mol. The van der Waals surface area contributed by atoms with E-state index in [1.54, 1.807) is 35.8 Å². The van der Waals surface area contributed by atoms with Crippen LogP contribution in [0.1, 0.15) is 26.8 Å². The molecule has 2 N–H and O–H groups in total. The zero-order valence-electron chi connectivity index (χ0n) is 16.4. The van der Waals surface area contributed by atoms with Crippen molar-refractivity contribution < 1.29 is 9.59 Å². The first kappa shape index (κ1) is 24.3. The van der Waals surface area contributed by atoms with Crippen LogP contribution in [0.2, 0.25) is 15.1 Å². The van der Waals surface area contributed by atoms with Gasteiger partial charge in [0.25, 0.3) is 5.91 Å². The minimum absolute atomic E-state index is 0.128. The van der Waals surface area contributed by atoms with E-state index >= 15 is 0 Å². The van der Waals surface area contributed by atoms with E-state index in [-0.39, 0.29) is 10.6 Å². The van der Waals surface area contributed by atoms with E-state index in [1.165, 1.54) is 29.7 Å². The van der Waals surface area contributed by atoms with E-state index in [1.807, 2.05) is 0 Å². The number of amides is 2. The first-order valence-electron chi connectivity index (χ1n) is 9.34. The molecule has 0 radical (unpaired) electrons. The molecule has 6 nitrogen and oxygen atoms in total. The highest BCUT2D eigenvalue weighted by Crippen LogP contribution is 2.65. The monoisotopic (exact) mass is 560 g/mol. The Bertz CT molecular complexity index is 1230. The van der Waals surface area contributed by atoms with E-state index in [0.717, 1.165) is 0 Å². The molecule has 170 valence electrons. The molecule has 2 amide bonds. The molecule has 4 rings (SSSR count). The Morgan fingerprint density at radius 1 is 1.09 bits per heavy atom. The maximum absolute atomic E-state index is 12.9. The van der Waals surface area contributed by atoms with Gasteiger partial charge in [-0.25, -0.2) is 10.4 Å². The van der Waals surface area contributed by atoms with Crippen molar-refractivity contribution in [1.82, 2.24) is 10.4 Å².